The van der Waals surface area contributed by atoms with Gasteiger partial charge in [-0.1, -0.05) is 11.6 Å². The Morgan fingerprint density at radius 3 is 2.91 bits per heavy atom. The van der Waals surface area contributed by atoms with Gasteiger partial charge in [-0.3, -0.25) is 4.79 Å². The monoisotopic (exact) mass is 335 g/mol. The number of H-pyrrole nitrogens is 1. The number of halogens is 1. The summed E-state index contributed by atoms with van der Waals surface area (Å²) in [5.41, 5.74) is 1.64. The first-order chi connectivity index (χ1) is 10.9. The Morgan fingerprint density at radius 1 is 1.43 bits per heavy atom. The summed E-state index contributed by atoms with van der Waals surface area (Å²) in [6, 6.07) is 3.24. The van der Waals surface area contributed by atoms with Gasteiger partial charge in [-0.15, -0.1) is 0 Å². The molecule has 118 valence electrons. The number of hydrogen-bond acceptors (Lipinski definition) is 5. The summed E-state index contributed by atoms with van der Waals surface area (Å²) in [4.78, 5) is 28.9. The van der Waals surface area contributed by atoms with Crippen LogP contribution in [-0.4, -0.2) is 36.9 Å². The fraction of sp³-hybridized carbons (Fsp3) is 0.0769. The van der Waals surface area contributed by atoms with Gasteiger partial charge < -0.3 is 20.1 Å². The zero-order valence-corrected chi connectivity index (χ0v) is 12.5. The van der Waals surface area contributed by atoms with Crippen LogP contribution in [0.1, 0.15) is 6.92 Å². The number of hydrogen-bond donors (Lipinski definition) is 3. The van der Waals surface area contributed by atoms with Crippen molar-refractivity contribution in [3.8, 4) is 11.7 Å². The van der Waals surface area contributed by atoms with Crippen molar-refractivity contribution in [1.82, 2.24) is 19.7 Å². The molecule has 0 bridgehead atoms. The van der Waals surface area contributed by atoms with Gasteiger partial charge >= 0.3 is 6.16 Å². The molecule has 3 N–H and O–H groups in total. The molecule has 0 radical (unpaired) electrons. The fourth-order valence-corrected chi connectivity index (χ4v) is 2.20. The predicted octanol–water partition coefficient (Wildman–Crippen LogP) is 2.42. The SMILES string of the molecule is CC(=O)Nc1cc2nc(-n3cc(OC(=O)O)cn3)[nH]c2cc1Cl. The summed E-state index contributed by atoms with van der Waals surface area (Å²) in [6.07, 6.45) is 1.18. The van der Waals surface area contributed by atoms with Gasteiger partial charge in [0.1, 0.15) is 0 Å². The molecule has 0 fully saturated rings. The Morgan fingerprint density at radius 2 is 2.22 bits per heavy atom. The Bertz CT molecular complexity index is 916. The molecule has 0 spiro atoms. The third-order valence-corrected chi connectivity index (χ3v) is 3.16. The van der Waals surface area contributed by atoms with E-state index in [0.717, 1.165) is 0 Å². The summed E-state index contributed by atoms with van der Waals surface area (Å²) in [7, 11) is 0. The van der Waals surface area contributed by atoms with Gasteiger partial charge in [0.15, 0.2) is 5.75 Å². The molecule has 0 atom stereocenters. The predicted molar refractivity (Wildman–Crippen MR) is 81.2 cm³/mol. The number of aromatic nitrogens is 4. The van der Waals surface area contributed by atoms with Gasteiger partial charge in [-0.2, -0.15) is 5.10 Å². The number of nitrogens with one attached hydrogen (secondary N) is 2. The lowest BCUT2D eigenvalue weighted by Gasteiger charge is -2.03. The number of fused-ring (bicyclic) bond motifs is 1. The van der Waals surface area contributed by atoms with Gasteiger partial charge in [-0.05, 0) is 12.1 Å². The molecule has 2 aromatic heterocycles. The van der Waals surface area contributed by atoms with Gasteiger partial charge in [0, 0.05) is 6.92 Å². The number of carboxylic acid groups (broad SMARTS) is 1. The van der Waals surface area contributed by atoms with Crippen molar-refractivity contribution in [2.45, 2.75) is 6.92 Å². The second-order valence-corrected chi connectivity index (χ2v) is 4.99. The molecule has 0 aliphatic heterocycles. The number of benzene rings is 1. The molecular formula is C13H10ClN5O4. The molecule has 23 heavy (non-hydrogen) atoms. The van der Waals surface area contributed by atoms with Gasteiger partial charge in [0.2, 0.25) is 11.9 Å². The summed E-state index contributed by atoms with van der Waals surface area (Å²) >= 11 is 6.09. The average molecular weight is 336 g/mol. The number of anilines is 1. The molecule has 9 nitrogen and oxygen atoms in total. The molecule has 1 aromatic carbocycles. The molecule has 0 saturated carbocycles. The van der Waals surface area contributed by atoms with E-state index < -0.39 is 6.16 Å². The maximum absolute atomic E-state index is 11.1. The van der Waals surface area contributed by atoms with E-state index in [1.54, 1.807) is 12.1 Å². The van der Waals surface area contributed by atoms with Crippen molar-refractivity contribution >= 4 is 40.4 Å². The van der Waals surface area contributed by atoms with E-state index in [1.807, 2.05) is 0 Å². The van der Waals surface area contributed by atoms with Crippen molar-refractivity contribution in [3.05, 3.63) is 29.5 Å². The third kappa shape index (κ3) is 3.09. The lowest BCUT2D eigenvalue weighted by atomic mass is 10.2. The number of ether oxygens (including phenoxy) is 1. The second kappa shape index (κ2) is 5.61. The Balaban J connectivity index is 1.98. The highest BCUT2D eigenvalue weighted by atomic mass is 35.5. The largest absolute Gasteiger partial charge is 0.511 e. The van der Waals surface area contributed by atoms with Crippen molar-refractivity contribution in [1.29, 1.82) is 0 Å². The van der Waals surface area contributed by atoms with Crippen LogP contribution < -0.4 is 10.1 Å². The quantitative estimate of drug-likeness (QED) is 0.632. The van der Waals surface area contributed by atoms with E-state index in [1.165, 1.54) is 24.0 Å². The minimum Gasteiger partial charge on any atom is -0.449 e. The van der Waals surface area contributed by atoms with Gasteiger partial charge in [0.25, 0.3) is 0 Å². The first-order valence-corrected chi connectivity index (χ1v) is 6.73. The maximum atomic E-state index is 11.1. The third-order valence-electron chi connectivity index (χ3n) is 2.85. The molecule has 0 unspecified atom stereocenters. The highest BCUT2D eigenvalue weighted by Gasteiger charge is 2.12. The highest BCUT2D eigenvalue weighted by molar-refractivity contribution is 6.34. The molecule has 3 aromatic rings. The Hall–Kier alpha value is -3.07. The van der Waals surface area contributed by atoms with Gasteiger partial charge in [-0.25, -0.2) is 14.5 Å². The number of carbonyl (C=O) groups excluding carboxylic acids is 1. The van der Waals surface area contributed by atoms with E-state index in [4.69, 9.17) is 16.7 Å². The molecule has 0 aliphatic rings. The van der Waals surface area contributed by atoms with E-state index in [2.05, 4.69) is 25.1 Å². The zero-order chi connectivity index (χ0) is 16.6. The molecule has 0 saturated heterocycles. The van der Waals surface area contributed by atoms with Crippen LogP contribution in [0.25, 0.3) is 17.0 Å². The van der Waals surface area contributed by atoms with Crippen LogP contribution >= 0.6 is 11.6 Å². The topological polar surface area (TPSA) is 122 Å². The van der Waals surface area contributed by atoms with Crippen molar-refractivity contribution in [3.63, 3.8) is 0 Å². The van der Waals surface area contributed by atoms with Crippen molar-refractivity contribution < 1.29 is 19.4 Å². The van der Waals surface area contributed by atoms with E-state index >= 15 is 0 Å². The van der Waals surface area contributed by atoms with Crippen LogP contribution in [0.3, 0.4) is 0 Å². The van der Waals surface area contributed by atoms with Crippen LogP contribution in [-0.2, 0) is 4.79 Å². The zero-order valence-electron chi connectivity index (χ0n) is 11.7. The number of amides is 1. The normalized spacial score (nSPS) is 10.7. The lowest BCUT2D eigenvalue weighted by molar-refractivity contribution is -0.114. The first kappa shape index (κ1) is 14.9. The second-order valence-electron chi connectivity index (χ2n) is 4.58. The minimum absolute atomic E-state index is 0.0647. The van der Waals surface area contributed by atoms with Gasteiger partial charge in [0.05, 0.1) is 34.1 Å². The molecule has 0 aliphatic carbocycles. The van der Waals surface area contributed by atoms with Crippen LogP contribution in [0, 0.1) is 0 Å². The number of aromatic amines is 1. The number of carbonyl (C=O) groups is 2. The Labute approximate surface area is 133 Å². The smallest absolute Gasteiger partial charge is 0.449 e. The summed E-state index contributed by atoms with van der Waals surface area (Å²) in [6.45, 7) is 1.38. The van der Waals surface area contributed by atoms with Crippen molar-refractivity contribution in [2.75, 3.05) is 5.32 Å². The van der Waals surface area contributed by atoms with E-state index in [9.17, 15) is 9.59 Å². The first-order valence-electron chi connectivity index (χ1n) is 6.35. The minimum atomic E-state index is -1.43. The van der Waals surface area contributed by atoms with Crippen LogP contribution in [0.4, 0.5) is 10.5 Å². The summed E-state index contributed by atoms with van der Waals surface area (Å²) < 4.78 is 5.82. The lowest BCUT2D eigenvalue weighted by Crippen LogP contribution is -2.06. The molecule has 3 rings (SSSR count). The molecule has 1 amide bonds. The summed E-state index contributed by atoms with van der Waals surface area (Å²) in [5, 5.41) is 15.5. The fourth-order valence-electron chi connectivity index (χ4n) is 1.99. The molecule has 10 heteroatoms. The number of imidazole rings is 1. The average Bonchev–Trinajstić information content (AvgIpc) is 3.04. The van der Waals surface area contributed by atoms with E-state index in [-0.39, 0.29) is 11.7 Å². The van der Waals surface area contributed by atoms with E-state index in [0.29, 0.717) is 27.7 Å². The summed E-state index contributed by atoms with van der Waals surface area (Å²) in [5.74, 6) is 0.163. The van der Waals surface area contributed by atoms with Crippen LogP contribution in [0.2, 0.25) is 5.02 Å². The van der Waals surface area contributed by atoms with Crippen molar-refractivity contribution in [2.24, 2.45) is 0 Å². The standard InChI is InChI=1S/C13H10ClN5O4/c1-6(20)16-9-3-11-10(2-8(9)14)17-12(18-11)19-5-7(4-15-19)23-13(21)22/h2-5H,1H3,(H,16,20)(H,17,18)(H,21,22). The van der Waals surface area contributed by atoms with Crippen LogP contribution in [0.15, 0.2) is 24.5 Å². The number of nitrogens with zero attached hydrogens (tertiary/aromatic N) is 3. The molecule has 2 heterocycles. The number of rotatable bonds is 3. The van der Waals surface area contributed by atoms with Crippen LogP contribution in [0.5, 0.6) is 5.75 Å². The molecular weight excluding hydrogens is 326 g/mol. The highest BCUT2D eigenvalue weighted by Crippen LogP contribution is 2.27. The maximum Gasteiger partial charge on any atom is 0.511 e. The Kier molecular flexibility index (Phi) is 3.62.